The highest BCUT2D eigenvalue weighted by molar-refractivity contribution is 5.79. The smallest absolute Gasteiger partial charge is 0.191 e. The zero-order valence-electron chi connectivity index (χ0n) is 14.5. The van der Waals surface area contributed by atoms with E-state index in [2.05, 4.69) is 22.5 Å². The van der Waals surface area contributed by atoms with E-state index in [4.69, 9.17) is 9.47 Å². The number of nitrogens with zero attached hydrogens (tertiary/aromatic N) is 1. The van der Waals surface area contributed by atoms with Crippen LogP contribution in [-0.2, 0) is 9.47 Å². The fourth-order valence-corrected chi connectivity index (χ4v) is 2.68. The van der Waals surface area contributed by atoms with Crippen LogP contribution in [-0.4, -0.2) is 52.0 Å². The predicted molar refractivity (Wildman–Crippen MR) is 92.5 cm³/mol. The molecular weight excluding hydrogens is 278 g/mol. The van der Waals surface area contributed by atoms with Gasteiger partial charge in [-0.3, -0.25) is 4.99 Å². The minimum Gasteiger partial charge on any atom is -0.383 e. The normalized spacial score (nSPS) is 17.3. The summed E-state index contributed by atoms with van der Waals surface area (Å²) in [6.07, 6.45) is 10.7. The van der Waals surface area contributed by atoms with Crippen molar-refractivity contribution in [3.63, 3.8) is 0 Å². The largest absolute Gasteiger partial charge is 0.383 e. The van der Waals surface area contributed by atoms with Crippen LogP contribution in [0.15, 0.2) is 4.99 Å². The molecule has 0 atom stereocenters. The molecule has 1 aliphatic carbocycles. The van der Waals surface area contributed by atoms with E-state index in [1.165, 1.54) is 38.5 Å². The van der Waals surface area contributed by atoms with Gasteiger partial charge in [-0.2, -0.15) is 0 Å². The maximum atomic E-state index is 6.00. The van der Waals surface area contributed by atoms with E-state index in [1.807, 2.05) is 0 Å². The summed E-state index contributed by atoms with van der Waals surface area (Å²) in [6, 6.07) is 0. The topological polar surface area (TPSA) is 54.9 Å². The second-order valence-corrected chi connectivity index (χ2v) is 5.87. The quantitative estimate of drug-likeness (QED) is 0.282. The number of hydrogen-bond acceptors (Lipinski definition) is 3. The summed E-state index contributed by atoms with van der Waals surface area (Å²) in [7, 11) is 1.71. The Hall–Kier alpha value is -0.810. The molecule has 1 saturated carbocycles. The average molecular weight is 313 g/mol. The van der Waals surface area contributed by atoms with Crippen molar-refractivity contribution in [1.29, 1.82) is 0 Å². The van der Waals surface area contributed by atoms with Gasteiger partial charge in [0.2, 0.25) is 0 Å². The summed E-state index contributed by atoms with van der Waals surface area (Å²) in [5.41, 5.74) is 0. The van der Waals surface area contributed by atoms with Crippen LogP contribution in [0.2, 0.25) is 0 Å². The van der Waals surface area contributed by atoms with E-state index in [0.29, 0.717) is 12.7 Å². The number of rotatable bonds is 10. The van der Waals surface area contributed by atoms with Gasteiger partial charge in [-0.15, -0.1) is 0 Å². The van der Waals surface area contributed by atoms with Gasteiger partial charge in [0.1, 0.15) is 0 Å². The third-order valence-corrected chi connectivity index (χ3v) is 3.92. The van der Waals surface area contributed by atoms with E-state index in [-0.39, 0.29) is 0 Å². The summed E-state index contributed by atoms with van der Waals surface area (Å²) in [5.74, 6) is 0.879. The molecule has 0 saturated heterocycles. The SMILES string of the molecule is CCNC(=NCCCCOC1CCCCCC1)NCCOC. The maximum Gasteiger partial charge on any atom is 0.191 e. The van der Waals surface area contributed by atoms with Gasteiger partial charge >= 0.3 is 0 Å². The van der Waals surface area contributed by atoms with Crippen molar-refractivity contribution in [2.24, 2.45) is 4.99 Å². The number of guanidine groups is 1. The molecule has 0 heterocycles. The van der Waals surface area contributed by atoms with Crippen LogP contribution in [0.1, 0.15) is 58.3 Å². The molecule has 0 amide bonds. The van der Waals surface area contributed by atoms with Crippen LogP contribution in [0.3, 0.4) is 0 Å². The highest BCUT2D eigenvalue weighted by Crippen LogP contribution is 2.19. The number of aliphatic imine (C=N–C) groups is 1. The Kier molecular flexibility index (Phi) is 12.1. The fraction of sp³-hybridized carbons (Fsp3) is 0.941. The van der Waals surface area contributed by atoms with Crippen molar-refractivity contribution < 1.29 is 9.47 Å². The fourth-order valence-electron chi connectivity index (χ4n) is 2.68. The monoisotopic (exact) mass is 313 g/mol. The van der Waals surface area contributed by atoms with E-state index in [1.54, 1.807) is 7.11 Å². The van der Waals surface area contributed by atoms with Gasteiger partial charge in [0.25, 0.3) is 0 Å². The molecule has 0 spiro atoms. The van der Waals surface area contributed by atoms with Crippen molar-refractivity contribution in [2.45, 2.75) is 64.4 Å². The number of unbranched alkanes of at least 4 members (excludes halogenated alkanes) is 1. The molecule has 0 aliphatic heterocycles. The number of nitrogens with one attached hydrogen (secondary N) is 2. The minimum absolute atomic E-state index is 0.513. The Morgan fingerprint density at radius 3 is 2.50 bits per heavy atom. The van der Waals surface area contributed by atoms with Gasteiger partial charge in [0, 0.05) is 33.4 Å². The lowest BCUT2D eigenvalue weighted by Gasteiger charge is -2.15. The Labute approximate surface area is 136 Å². The predicted octanol–water partition coefficient (Wildman–Crippen LogP) is 2.71. The van der Waals surface area contributed by atoms with Crippen molar-refractivity contribution in [1.82, 2.24) is 10.6 Å². The second kappa shape index (κ2) is 13.8. The lowest BCUT2D eigenvalue weighted by atomic mass is 10.1. The highest BCUT2D eigenvalue weighted by Gasteiger charge is 2.11. The molecule has 1 aliphatic rings. The molecule has 2 N–H and O–H groups in total. The summed E-state index contributed by atoms with van der Waals surface area (Å²) in [4.78, 5) is 4.57. The zero-order valence-corrected chi connectivity index (χ0v) is 14.5. The molecule has 0 aromatic carbocycles. The zero-order chi connectivity index (χ0) is 15.9. The highest BCUT2D eigenvalue weighted by atomic mass is 16.5. The third-order valence-electron chi connectivity index (χ3n) is 3.92. The second-order valence-electron chi connectivity index (χ2n) is 5.87. The summed E-state index contributed by atoms with van der Waals surface area (Å²) < 4.78 is 11.0. The van der Waals surface area contributed by atoms with Crippen LogP contribution in [0.25, 0.3) is 0 Å². The molecule has 0 aromatic heterocycles. The van der Waals surface area contributed by atoms with Crippen LogP contribution in [0.5, 0.6) is 0 Å². The molecule has 130 valence electrons. The Morgan fingerprint density at radius 1 is 1.05 bits per heavy atom. The van der Waals surface area contributed by atoms with Gasteiger partial charge < -0.3 is 20.1 Å². The molecule has 0 unspecified atom stereocenters. The molecule has 5 heteroatoms. The van der Waals surface area contributed by atoms with Gasteiger partial charge in [-0.25, -0.2) is 0 Å². The molecule has 1 fully saturated rings. The first-order valence-corrected chi connectivity index (χ1v) is 8.99. The first-order chi connectivity index (χ1) is 10.9. The molecular formula is C17H35N3O2. The van der Waals surface area contributed by atoms with E-state index < -0.39 is 0 Å². The van der Waals surface area contributed by atoms with Crippen LogP contribution in [0.4, 0.5) is 0 Å². The maximum absolute atomic E-state index is 6.00. The van der Waals surface area contributed by atoms with Gasteiger partial charge in [0.05, 0.1) is 12.7 Å². The Bertz CT molecular complexity index is 277. The average Bonchev–Trinajstić information content (AvgIpc) is 2.79. The number of ether oxygens (including phenoxy) is 2. The van der Waals surface area contributed by atoms with Crippen LogP contribution in [0, 0.1) is 0 Å². The van der Waals surface area contributed by atoms with E-state index in [0.717, 1.165) is 45.0 Å². The lowest BCUT2D eigenvalue weighted by molar-refractivity contribution is 0.0413. The number of hydrogen-bond donors (Lipinski definition) is 2. The first kappa shape index (κ1) is 19.2. The van der Waals surface area contributed by atoms with Gasteiger partial charge in [-0.05, 0) is 32.6 Å². The summed E-state index contributed by atoms with van der Waals surface area (Å²) in [5, 5.41) is 6.50. The third kappa shape index (κ3) is 10.0. The van der Waals surface area contributed by atoms with Crippen molar-refractivity contribution in [3.8, 4) is 0 Å². The number of methoxy groups -OCH3 is 1. The van der Waals surface area contributed by atoms with Crippen LogP contribution < -0.4 is 10.6 Å². The Balaban J connectivity index is 2.06. The molecule has 1 rings (SSSR count). The molecule has 5 nitrogen and oxygen atoms in total. The molecule has 22 heavy (non-hydrogen) atoms. The van der Waals surface area contributed by atoms with Crippen molar-refractivity contribution in [2.75, 3.05) is 40.0 Å². The van der Waals surface area contributed by atoms with E-state index >= 15 is 0 Å². The summed E-state index contributed by atoms with van der Waals surface area (Å²) in [6.45, 7) is 6.16. The first-order valence-electron chi connectivity index (χ1n) is 8.99. The van der Waals surface area contributed by atoms with Crippen molar-refractivity contribution in [3.05, 3.63) is 0 Å². The molecule has 0 aromatic rings. The van der Waals surface area contributed by atoms with Crippen molar-refractivity contribution >= 4 is 5.96 Å². The Morgan fingerprint density at radius 2 is 1.82 bits per heavy atom. The molecule has 0 radical (unpaired) electrons. The minimum atomic E-state index is 0.513. The summed E-state index contributed by atoms with van der Waals surface area (Å²) >= 11 is 0. The van der Waals surface area contributed by atoms with Crippen LogP contribution >= 0.6 is 0 Å². The van der Waals surface area contributed by atoms with Gasteiger partial charge in [-0.1, -0.05) is 25.7 Å². The van der Waals surface area contributed by atoms with E-state index in [9.17, 15) is 0 Å². The molecule has 0 bridgehead atoms. The lowest BCUT2D eigenvalue weighted by Crippen LogP contribution is -2.39. The standard InChI is InChI=1S/C17H35N3O2/c1-3-18-17(20-13-15-21-2)19-12-8-9-14-22-16-10-6-4-5-7-11-16/h16H,3-15H2,1-2H3,(H2,18,19,20). The van der Waals surface area contributed by atoms with Gasteiger partial charge in [0.15, 0.2) is 5.96 Å².